The molecule has 6 nitrogen and oxygen atoms in total. The minimum Gasteiger partial charge on any atom is -0.344 e. The van der Waals surface area contributed by atoms with Gasteiger partial charge in [0, 0.05) is 18.6 Å². The first-order valence-electron chi connectivity index (χ1n) is 7.15. The van der Waals surface area contributed by atoms with Crippen LogP contribution in [0.15, 0.2) is 30.6 Å². The third kappa shape index (κ3) is 2.35. The van der Waals surface area contributed by atoms with Gasteiger partial charge in [0.25, 0.3) is 0 Å². The lowest BCUT2D eigenvalue weighted by molar-refractivity contribution is -0.137. The summed E-state index contributed by atoms with van der Waals surface area (Å²) in [5.41, 5.74) is 1.29. The van der Waals surface area contributed by atoms with Gasteiger partial charge in [-0.15, -0.1) is 0 Å². The molecule has 1 radical (unpaired) electrons. The minimum atomic E-state index is -4.43. The van der Waals surface area contributed by atoms with Crippen molar-refractivity contribution < 1.29 is 18.0 Å². The van der Waals surface area contributed by atoms with E-state index >= 15 is 0 Å². The standard InChI is InChI=1S/C16H9F3N5O/c1-24-12-4-9(16(17,18)19)2-3-10(12)14(23-24)11-6-21-15-13(22-11)8(7-25)5-20-15/h2-6H,1H3,(H,20,21). The van der Waals surface area contributed by atoms with Crippen molar-refractivity contribution in [3.63, 3.8) is 0 Å². The van der Waals surface area contributed by atoms with Crippen molar-refractivity contribution in [1.29, 1.82) is 0 Å². The van der Waals surface area contributed by atoms with Crippen LogP contribution in [0.1, 0.15) is 11.1 Å². The number of aromatic nitrogens is 5. The summed E-state index contributed by atoms with van der Waals surface area (Å²) in [4.78, 5) is 22.3. The first kappa shape index (κ1) is 15.3. The largest absolute Gasteiger partial charge is 0.416 e. The molecule has 0 aliphatic heterocycles. The summed E-state index contributed by atoms with van der Waals surface area (Å²) in [7, 11) is 1.55. The lowest BCUT2D eigenvalue weighted by Gasteiger charge is -2.06. The Kier molecular flexibility index (Phi) is 3.14. The minimum absolute atomic E-state index is 0.226. The highest BCUT2D eigenvalue weighted by molar-refractivity contribution is 5.96. The number of hydrogen-bond donors (Lipinski definition) is 1. The molecule has 4 aromatic rings. The molecule has 0 atom stereocenters. The number of H-pyrrole nitrogens is 1. The number of benzene rings is 1. The van der Waals surface area contributed by atoms with Crippen molar-refractivity contribution in [2.75, 3.05) is 0 Å². The molecule has 0 aliphatic carbocycles. The third-order valence-electron chi connectivity index (χ3n) is 3.91. The molecular formula is C16H9F3N5O. The highest BCUT2D eigenvalue weighted by atomic mass is 19.4. The van der Waals surface area contributed by atoms with Gasteiger partial charge in [-0.3, -0.25) is 9.48 Å². The molecule has 1 aromatic carbocycles. The van der Waals surface area contributed by atoms with Crippen LogP contribution >= 0.6 is 0 Å². The first-order valence-corrected chi connectivity index (χ1v) is 7.15. The van der Waals surface area contributed by atoms with Crippen LogP contribution in [-0.4, -0.2) is 31.0 Å². The molecule has 0 unspecified atom stereocenters. The second-order valence-corrected chi connectivity index (χ2v) is 5.46. The van der Waals surface area contributed by atoms with E-state index in [1.807, 2.05) is 0 Å². The van der Waals surface area contributed by atoms with Crippen molar-refractivity contribution >= 4 is 28.4 Å². The summed E-state index contributed by atoms with van der Waals surface area (Å²) in [6.45, 7) is 0. The third-order valence-corrected chi connectivity index (χ3v) is 3.91. The van der Waals surface area contributed by atoms with Gasteiger partial charge in [0.15, 0.2) is 5.65 Å². The van der Waals surface area contributed by atoms with E-state index in [4.69, 9.17) is 0 Å². The number of fused-ring (bicyclic) bond motifs is 2. The number of aromatic amines is 1. The van der Waals surface area contributed by atoms with Gasteiger partial charge >= 0.3 is 6.18 Å². The van der Waals surface area contributed by atoms with Gasteiger partial charge in [0.05, 0.1) is 22.8 Å². The zero-order valence-electron chi connectivity index (χ0n) is 12.7. The zero-order valence-corrected chi connectivity index (χ0v) is 12.7. The van der Waals surface area contributed by atoms with Crippen molar-refractivity contribution in [2.24, 2.45) is 7.05 Å². The Bertz CT molecular complexity index is 1130. The summed E-state index contributed by atoms with van der Waals surface area (Å²) >= 11 is 0. The maximum Gasteiger partial charge on any atom is 0.416 e. The second kappa shape index (κ2) is 5.13. The van der Waals surface area contributed by atoms with Crippen LogP contribution in [0.4, 0.5) is 13.2 Å². The maximum atomic E-state index is 12.9. The maximum absolute atomic E-state index is 12.9. The van der Waals surface area contributed by atoms with Gasteiger partial charge in [0.2, 0.25) is 6.29 Å². The average Bonchev–Trinajstić information content (AvgIpc) is 3.14. The summed E-state index contributed by atoms with van der Waals surface area (Å²) in [6.07, 6.45) is 0.217. The summed E-state index contributed by atoms with van der Waals surface area (Å²) < 4.78 is 40.1. The molecule has 0 saturated carbocycles. The SMILES string of the molecule is Cn1nc(-c2cnc3[nH]cc([C]=O)c3n2)c2ccc(C(F)(F)F)cc21. The Morgan fingerprint density at radius 2 is 2.08 bits per heavy atom. The van der Waals surface area contributed by atoms with Crippen LogP contribution in [0, 0.1) is 0 Å². The van der Waals surface area contributed by atoms with E-state index in [1.54, 1.807) is 13.3 Å². The summed E-state index contributed by atoms with van der Waals surface area (Å²) in [5.74, 6) is 0. The predicted octanol–water partition coefficient (Wildman–Crippen LogP) is 2.99. The van der Waals surface area contributed by atoms with Gasteiger partial charge in [-0.1, -0.05) is 0 Å². The van der Waals surface area contributed by atoms with Gasteiger partial charge < -0.3 is 4.98 Å². The molecule has 4 rings (SSSR count). The highest BCUT2D eigenvalue weighted by Crippen LogP contribution is 2.34. The molecule has 0 saturated heterocycles. The Balaban J connectivity index is 1.94. The smallest absolute Gasteiger partial charge is 0.344 e. The van der Waals surface area contributed by atoms with Gasteiger partial charge in [0.1, 0.15) is 16.9 Å². The fourth-order valence-electron chi connectivity index (χ4n) is 2.71. The van der Waals surface area contributed by atoms with Crippen molar-refractivity contribution in [1.82, 2.24) is 24.7 Å². The molecule has 3 aromatic heterocycles. The van der Waals surface area contributed by atoms with E-state index in [0.29, 0.717) is 33.5 Å². The Labute approximate surface area is 138 Å². The molecule has 0 aliphatic rings. The van der Waals surface area contributed by atoms with Crippen molar-refractivity contribution in [3.05, 3.63) is 41.7 Å². The summed E-state index contributed by atoms with van der Waals surface area (Å²) in [6, 6.07) is 3.40. The van der Waals surface area contributed by atoms with Crippen LogP contribution in [0.3, 0.4) is 0 Å². The van der Waals surface area contributed by atoms with E-state index < -0.39 is 11.7 Å². The first-order chi connectivity index (χ1) is 11.9. The van der Waals surface area contributed by atoms with Crippen LogP contribution in [0.2, 0.25) is 0 Å². The van der Waals surface area contributed by atoms with E-state index in [-0.39, 0.29) is 5.56 Å². The normalized spacial score (nSPS) is 12.2. The van der Waals surface area contributed by atoms with Crippen LogP contribution < -0.4 is 0 Å². The predicted molar refractivity (Wildman–Crippen MR) is 83.4 cm³/mol. The summed E-state index contributed by atoms with van der Waals surface area (Å²) in [5, 5.41) is 4.78. The molecule has 0 bridgehead atoms. The molecule has 9 heteroatoms. The number of nitrogens with zero attached hydrogens (tertiary/aromatic N) is 4. The quantitative estimate of drug-likeness (QED) is 0.606. The average molecular weight is 344 g/mol. The lowest BCUT2D eigenvalue weighted by atomic mass is 10.1. The second-order valence-electron chi connectivity index (χ2n) is 5.46. The van der Waals surface area contributed by atoms with E-state index in [0.717, 1.165) is 12.1 Å². The number of carbonyl (C=O) groups excluding carboxylic acids is 1. The van der Waals surface area contributed by atoms with Gasteiger partial charge in [-0.05, 0) is 18.2 Å². The molecule has 0 fully saturated rings. The topological polar surface area (TPSA) is 76.5 Å². The fourth-order valence-corrected chi connectivity index (χ4v) is 2.71. The van der Waals surface area contributed by atoms with E-state index in [2.05, 4.69) is 20.1 Å². The number of nitrogens with one attached hydrogen (secondary N) is 1. The molecule has 0 spiro atoms. The number of halogens is 3. The van der Waals surface area contributed by atoms with Gasteiger partial charge in [-0.2, -0.15) is 18.3 Å². The van der Waals surface area contributed by atoms with E-state index in [9.17, 15) is 18.0 Å². The molecule has 125 valence electrons. The highest BCUT2D eigenvalue weighted by Gasteiger charge is 2.31. The number of hydrogen-bond acceptors (Lipinski definition) is 4. The van der Waals surface area contributed by atoms with Crippen LogP contribution in [-0.2, 0) is 18.0 Å². The Morgan fingerprint density at radius 1 is 1.28 bits per heavy atom. The number of alkyl halides is 3. The van der Waals surface area contributed by atoms with Crippen LogP contribution in [0.5, 0.6) is 0 Å². The molecule has 0 amide bonds. The Morgan fingerprint density at radius 3 is 2.80 bits per heavy atom. The molecule has 3 heterocycles. The monoisotopic (exact) mass is 344 g/mol. The molecular weight excluding hydrogens is 335 g/mol. The Hall–Kier alpha value is -3.23. The van der Waals surface area contributed by atoms with E-state index in [1.165, 1.54) is 23.1 Å². The van der Waals surface area contributed by atoms with Crippen molar-refractivity contribution in [2.45, 2.75) is 6.18 Å². The zero-order chi connectivity index (χ0) is 17.8. The fraction of sp³-hybridized carbons (Fsp3) is 0.125. The van der Waals surface area contributed by atoms with Gasteiger partial charge in [-0.25, -0.2) is 9.97 Å². The van der Waals surface area contributed by atoms with Crippen molar-refractivity contribution in [3.8, 4) is 11.4 Å². The van der Waals surface area contributed by atoms with Crippen LogP contribution in [0.25, 0.3) is 33.5 Å². The molecule has 25 heavy (non-hydrogen) atoms. The number of aryl methyl sites for hydroxylation is 1. The number of rotatable bonds is 2. The molecule has 1 N–H and O–H groups in total. The lowest BCUT2D eigenvalue weighted by Crippen LogP contribution is -2.04.